The molecule has 7 heteroatoms. The third-order valence-corrected chi connectivity index (χ3v) is 4.76. The molecule has 20 heavy (non-hydrogen) atoms. The minimum atomic E-state index is -3.48. The number of rotatable bonds is 7. The van der Waals surface area contributed by atoms with Crippen LogP contribution in [0.5, 0.6) is 0 Å². The van der Waals surface area contributed by atoms with Crippen molar-refractivity contribution >= 4 is 21.4 Å². The van der Waals surface area contributed by atoms with Gasteiger partial charge in [-0.15, -0.1) is 0 Å². The van der Waals surface area contributed by atoms with E-state index in [9.17, 15) is 13.5 Å². The summed E-state index contributed by atoms with van der Waals surface area (Å²) < 4.78 is 25.1. The van der Waals surface area contributed by atoms with E-state index in [2.05, 4.69) is 5.32 Å². The zero-order chi connectivity index (χ0) is 15.3. The summed E-state index contributed by atoms with van der Waals surface area (Å²) in [4.78, 5) is 0.152. The molecule has 0 aliphatic carbocycles. The maximum atomic E-state index is 12.0. The molecular weight excluding hydrogens is 278 g/mol. The Kier molecular flexibility index (Phi) is 5.79. The average molecular weight is 301 g/mol. The third-order valence-electron chi connectivity index (χ3n) is 2.95. The molecule has 0 bridgehead atoms. The van der Waals surface area contributed by atoms with Crippen LogP contribution >= 0.6 is 0 Å². The molecule has 6 nitrogen and oxygen atoms in total. The number of nitrogen functional groups attached to an aromatic ring is 1. The number of hydrogen-bond donors (Lipinski definition) is 3. The van der Waals surface area contributed by atoms with Crippen molar-refractivity contribution in [2.45, 2.75) is 30.8 Å². The van der Waals surface area contributed by atoms with Gasteiger partial charge in [-0.05, 0) is 24.6 Å². The quantitative estimate of drug-likeness (QED) is 0.655. The molecule has 1 rings (SSSR count). The lowest BCUT2D eigenvalue weighted by molar-refractivity contribution is 0.176. The van der Waals surface area contributed by atoms with E-state index >= 15 is 0 Å². The van der Waals surface area contributed by atoms with Crippen LogP contribution in [0.3, 0.4) is 0 Å². The lowest BCUT2D eigenvalue weighted by Crippen LogP contribution is -2.23. The molecule has 0 fully saturated rings. The predicted molar refractivity (Wildman–Crippen MR) is 81.1 cm³/mol. The number of nitrogens with two attached hydrogens (primary N) is 1. The van der Waals surface area contributed by atoms with Gasteiger partial charge in [-0.3, -0.25) is 0 Å². The van der Waals surface area contributed by atoms with Crippen molar-refractivity contribution in [3.63, 3.8) is 0 Å². The zero-order valence-electron chi connectivity index (χ0n) is 12.1. The van der Waals surface area contributed by atoms with Gasteiger partial charge in [0.15, 0.2) is 0 Å². The third kappa shape index (κ3) is 4.09. The van der Waals surface area contributed by atoms with Crippen molar-refractivity contribution < 1.29 is 13.5 Å². The molecule has 4 N–H and O–H groups in total. The summed E-state index contributed by atoms with van der Waals surface area (Å²) in [5.41, 5.74) is 6.82. The summed E-state index contributed by atoms with van der Waals surface area (Å²) in [7, 11) is -0.538. The van der Waals surface area contributed by atoms with Crippen LogP contribution in [-0.2, 0) is 10.0 Å². The van der Waals surface area contributed by atoms with Crippen molar-refractivity contribution in [2.24, 2.45) is 0 Å². The summed E-state index contributed by atoms with van der Waals surface area (Å²) in [5.74, 6) is 0. The first-order valence-electron chi connectivity index (χ1n) is 6.53. The maximum Gasteiger partial charge on any atom is 0.242 e. The van der Waals surface area contributed by atoms with Gasteiger partial charge in [0, 0.05) is 20.6 Å². The van der Waals surface area contributed by atoms with Crippen LogP contribution in [0.4, 0.5) is 11.4 Å². The topological polar surface area (TPSA) is 95.7 Å². The fraction of sp³-hybridized carbons (Fsp3) is 0.538. The second-order valence-corrected chi connectivity index (χ2v) is 7.01. The first-order valence-corrected chi connectivity index (χ1v) is 7.97. The van der Waals surface area contributed by atoms with Crippen LogP contribution in [0, 0.1) is 0 Å². The summed E-state index contributed by atoms with van der Waals surface area (Å²) in [6.45, 7) is 2.39. The molecule has 1 atom stereocenters. The fourth-order valence-electron chi connectivity index (χ4n) is 1.74. The Bertz CT molecular complexity index is 544. The Hall–Kier alpha value is -1.31. The smallest absolute Gasteiger partial charge is 0.242 e. The number of sulfonamides is 1. The first-order chi connectivity index (χ1) is 9.28. The molecule has 0 heterocycles. The van der Waals surface area contributed by atoms with E-state index in [0.717, 1.165) is 10.7 Å². The van der Waals surface area contributed by atoms with E-state index in [0.29, 0.717) is 24.3 Å². The second-order valence-electron chi connectivity index (χ2n) is 4.86. The highest BCUT2D eigenvalue weighted by atomic mass is 32.2. The van der Waals surface area contributed by atoms with E-state index in [4.69, 9.17) is 5.73 Å². The molecule has 1 aromatic carbocycles. The van der Waals surface area contributed by atoms with Gasteiger partial charge in [-0.1, -0.05) is 13.3 Å². The molecule has 0 aliphatic rings. The van der Waals surface area contributed by atoms with Gasteiger partial charge in [0.05, 0.1) is 22.4 Å². The number of anilines is 2. The zero-order valence-corrected chi connectivity index (χ0v) is 12.9. The molecule has 0 aromatic heterocycles. The Morgan fingerprint density at radius 1 is 1.40 bits per heavy atom. The van der Waals surface area contributed by atoms with Gasteiger partial charge >= 0.3 is 0 Å². The van der Waals surface area contributed by atoms with Crippen LogP contribution in [0.1, 0.15) is 19.8 Å². The summed E-state index contributed by atoms with van der Waals surface area (Å²) >= 11 is 0. The van der Waals surface area contributed by atoms with Crippen LogP contribution in [0.25, 0.3) is 0 Å². The monoisotopic (exact) mass is 301 g/mol. The van der Waals surface area contributed by atoms with E-state index in [1.54, 1.807) is 6.07 Å². The van der Waals surface area contributed by atoms with Crippen LogP contribution in [0.15, 0.2) is 23.1 Å². The van der Waals surface area contributed by atoms with E-state index in [1.807, 2.05) is 6.92 Å². The molecule has 0 saturated carbocycles. The van der Waals surface area contributed by atoms with Crippen molar-refractivity contribution in [2.75, 3.05) is 31.7 Å². The summed E-state index contributed by atoms with van der Waals surface area (Å²) in [6.07, 6.45) is 1.17. The Morgan fingerprint density at radius 2 is 2.05 bits per heavy atom. The Balaban J connectivity index is 2.84. The van der Waals surface area contributed by atoms with Crippen LogP contribution < -0.4 is 11.1 Å². The number of hydrogen-bond acceptors (Lipinski definition) is 5. The minimum Gasteiger partial charge on any atom is -0.397 e. The Morgan fingerprint density at radius 3 is 2.55 bits per heavy atom. The van der Waals surface area contributed by atoms with Gasteiger partial charge in [-0.2, -0.15) is 0 Å². The van der Waals surface area contributed by atoms with Crippen molar-refractivity contribution in [3.8, 4) is 0 Å². The molecular formula is C13H23N3O3S. The van der Waals surface area contributed by atoms with Gasteiger partial charge in [0.1, 0.15) is 0 Å². The Labute approximate surface area is 120 Å². The van der Waals surface area contributed by atoms with E-state index in [-0.39, 0.29) is 4.90 Å². The highest BCUT2D eigenvalue weighted by Crippen LogP contribution is 2.24. The van der Waals surface area contributed by atoms with Crippen LogP contribution in [0.2, 0.25) is 0 Å². The molecule has 0 aliphatic heterocycles. The highest BCUT2D eigenvalue weighted by Gasteiger charge is 2.18. The summed E-state index contributed by atoms with van der Waals surface area (Å²) in [6, 6.07) is 4.54. The van der Waals surface area contributed by atoms with Crippen LogP contribution in [-0.4, -0.2) is 44.6 Å². The number of aliphatic hydroxyl groups excluding tert-OH is 1. The molecule has 0 spiro atoms. The SMILES string of the molecule is CCCC(O)CNc1ccc(S(=O)(=O)N(C)C)cc1N. The lowest BCUT2D eigenvalue weighted by atomic mass is 10.2. The minimum absolute atomic E-state index is 0.152. The first kappa shape index (κ1) is 16.7. The highest BCUT2D eigenvalue weighted by molar-refractivity contribution is 7.89. The van der Waals surface area contributed by atoms with Gasteiger partial charge < -0.3 is 16.2 Å². The molecule has 0 saturated heterocycles. The van der Waals surface area contributed by atoms with Crippen molar-refractivity contribution in [1.82, 2.24) is 4.31 Å². The molecule has 1 unspecified atom stereocenters. The normalized spacial score (nSPS) is 13.4. The van der Waals surface area contributed by atoms with Crippen molar-refractivity contribution in [1.29, 1.82) is 0 Å². The standard InChI is InChI=1S/C13H23N3O3S/c1-4-5-10(17)9-15-13-7-6-11(8-12(13)14)20(18,19)16(2)3/h6-8,10,15,17H,4-5,9,14H2,1-3H3. The number of nitrogens with zero attached hydrogens (tertiary/aromatic N) is 1. The average Bonchev–Trinajstić information content (AvgIpc) is 2.37. The molecule has 0 radical (unpaired) electrons. The van der Waals surface area contributed by atoms with Crippen molar-refractivity contribution in [3.05, 3.63) is 18.2 Å². The lowest BCUT2D eigenvalue weighted by Gasteiger charge is -2.16. The number of nitrogens with one attached hydrogen (secondary N) is 1. The molecule has 1 aromatic rings. The fourth-order valence-corrected chi connectivity index (χ4v) is 2.67. The second kappa shape index (κ2) is 6.92. The van der Waals surface area contributed by atoms with E-state index in [1.165, 1.54) is 26.2 Å². The molecule has 114 valence electrons. The van der Waals surface area contributed by atoms with E-state index < -0.39 is 16.1 Å². The van der Waals surface area contributed by atoms with Gasteiger partial charge in [0.2, 0.25) is 10.0 Å². The predicted octanol–water partition coefficient (Wildman–Crippen LogP) is 1.09. The molecule has 0 amide bonds. The number of aliphatic hydroxyl groups is 1. The largest absolute Gasteiger partial charge is 0.397 e. The number of benzene rings is 1. The maximum absolute atomic E-state index is 12.0. The summed E-state index contributed by atoms with van der Waals surface area (Å²) in [5, 5.41) is 12.7. The van der Waals surface area contributed by atoms with Gasteiger partial charge in [-0.25, -0.2) is 12.7 Å². The van der Waals surface area contributed by atoms with Gasteiger partial charge in [0.25, 0.3) is 0 Å².